The van der Waals surface area contributed by atoms with Gasteiger partial charge in [-0.15, -0.1) is 21.5 Å². The second-order valence-corrected chi connectivity index (χ2v) is 10.5. The highest BCUT2D eigenvalue weighted by Gasteiger charge is 2.19. The van der Waals surface area contributed by atoms with Gasteiger partial charge in [-0.2, -0.15) is 0 Å². The Hall–Kier alpha value is -2.90. The summed E-state index contributed by atoms with van der Waals surface area (Å²) in [5.41, 5.74) is 6.73. The lowest BCUT2D eigenvalue weighted by Crippen LogP contribution is -2.14. The van der Waals surface area contributed by atoms with Crippen LogP contribution in [0.2, 0.25) is 0 Å². The minimum Gasteiger partial charge on any atom is -0.325 e. The molecule has 7 heteroatoms. The Labute approximate surface area is 203 Å². The average Bonchev–Trinajstić information content (AvgIpc) is 3.35. The first kappa shape index (κ1) is 23.3. The standard InChI is InChI=1S/C26H28N4OS2/c1-16(2)19-10-12-21(13-11-19)27-23(31)15-33-26-29-28-25(30(26)5)22-14-32-18(4)24(22)20-8-6-17(3)7-9-20/h6-14,16H,15H2,1-5H3,(H,27,31). The number of carbonyl (C=O) groups is 1. The normalized spacial score (nSPS) is 11.2. The zero-order chi connectivity index (χ0) is 23.5. The van der Waals surface area contributed by atoms with Crippen LogP contribution in [0.4, 0.5) is 5.69 Å². The number of nitrogens with zero attached hydrogens (tertiary/aromatic N) is 3. The van der Waals surface area contributed by atoms with Crippen LogP contribution in [0, 0.1) is 13.8 Å². The number of hydrogen-bond acceptors (Lipinski definition) is 5. The molecule has 0 saturated heterocycles. The van der Waals surface area contributed by atoms with E-state index in [-0.39, 0.29) is 11.7 Å². The largest absolute Gasteiger partial charge is 0.325 e. The van der Waals surface area contributed by atoms with Gasteiger partial charge in [0.1, 0.15) is 0 Å². The maximum Gasteiger partial charge on any atom is 0.234 e. The molecule has 33 heavy (non-hydrogen) atoms. The summed E-state index contributed by atoms with van der Waals surface area (Å²) < 4.78 is 1.97. The van der Waals surface area contributed by atoms with E-state index in [1.807, 2.05) is 23.7 Å². The molecule has 0 unspecified atom stereocenters. The number of amides is 1. The summed E-state index contributed by atoms with van der Waals surface area (Å²) in [4.78, 5) is 13.7. The molecule has 2 aromatic carbocycles. The monoisotopic (exact) mass is 476 g/mol. The fraction of sp³-hybridized carbons (Fsp3) is 0.269. The van der Waals surface area contributed by atoms with E-state index < -0.39 is 0 Å². The average molecular weight is 477 g/mol. The molecule has 0 aliphatic heterocycles. The van der Waals surface area contributed by atoms with Crippen molar-refractivity contribution in [2.45, 2.75) is 38.8 Å². The Morgan fingerprint density at radius 3 is 2.42 bits per heavy atom. The van der Waals surface area contributed by atoms with E-state index in [9.17, 15) is 4.79 Å². The van der Waals surface area contributed by atoms with Gasteiger partial charge in [0.15, 0.2) is 11.0 Å². The third-order valence-corrected chi connectivity index (χ3v) is 7.52. The molecule has 0 bridgehead atoms. The molecule has 1 amide bonds. The van der Waals surface area contributed by atoms with E-state index in [4.69, 9.17) is 0 Å². The second kappa shape index (κ2) is 9.93. The van der Waals surface area contributed by atoms with E-state index in [0.717, 1.165) is 17.1 Å². The summed E-state index contributed by atoms with van der Waals surface area (Å²) in [5.74, 6) is 1.48. The number of thiophene rings is 1. The van der Waals surface area contributed by atoms with Crippen molar-refractivity contribution in [3.8, 4) is 22.5 Å². The van der Waals surface area contributed by atoms with Crippen LogP contribution in [0.5, 0.6) is 0 Å². The highest BCUT2D eigenvalue weighted by atomic mass is 32.2. The van der Waals surface area contributed by atoms with Gasteiger partial charge in [0.25, 0.3) is 0 Å². The molecule has 0 aliphatic carbocycles. The summed E-state index contributed by atoms with van der Waals surface area (Å²) in [5, 5.41) is 14.6. The van der Waals surface area contributed by atoms with Crippen molar-refractivity contribution in [1.29, 1.82) is 0 Å². The third-order valence-electron chi connectivity index (χ3n) is 5.58. The van der Waals surface area contributed by atoms with E-state index in [0.29, 0.717) is 11.1 Å². The number of rotatable bonds is 7. The maximum absolute atomic E-state index is 12.5. The van der Waals surface area contributed by atoms with E-state index in [2.05, 4.69) is 85.0 Å². The summed E-state index contributed by atoms with van der Waals surface area (Å²) in [7, 11) is 1.95. The van der Waals surface area contributed by atoms with Crippen LogP contribution in [-0.2, 0) is 11.8 Å². The number of hydrogen-bond donors (Lipinski definition) is 1. The number of thioether (sulfide) groups is 1. The van der Waals surface area contributed by atoms with E-state index >= 15 is 0 Å². The van der Waals surface area contributed by atoms with Crippen molar-refractivity contribution >= 4 is 34.7 Å². The van der Waals surface area contributed by atoms with Gasteiger partial charge in [0, 0.05) is 34.1 Å². The van der Waals surface area contributed by atoms with Gasteiger partial charge >= 0.3 is 0 Å². The first-order valence-corrected chi connectivity index (χ1v) is 12.8. The van der Waals surface area contributed by atoms with E-state index in [1.165, 1.54) is 38.9 Å². The molecule has 2 heterocycles. The summed E-state index contributed by atoms with van der Waals surface area (Å²) in [6, 6.07) is 16.6. The summed E-state index contributed by atoms with van der Waals surface area (Å²) in [6.45, 7) is 8.53. The van der Waals surface area contributed by atoms with Crippen molar-refractivity contribution in [1.82, 2.24) is 14.8 Å². The molecule has 0 radical (unpaired) electrons. The van der Waals surface area contributed by atoms with Crippen LogP contribution in [-0.4, -0.2) is 26.4 Å². The smallest absolute Gasteiger partial charge is 0.234 e. The molecule has 1 N–H and O–H groups in total. The minimum absolute atomic E-state index is 0.0615. The van der Waals surface area contributed by atoms with Gasteiger partial charge in [0.05, 0.1) is 5.75 Å². The fourth-order valence-corrected chi connectivity index (χ4v) is 5.23. The molecular formula is C26H28N4OS2. The molecule has 0 aliphatic rings. The highest BCUT2D eigenvalue weighted by Crippen LogP contribution is 2.39. The number of aromatic nitrogens is 3. The van der Waals surface area contributed by atoms with Gasteiger partial charge in [0.2, 0.25) is 5.91 Å². The second-order valence-electron chi connectivity index (χ2n) is 8.43. The number of carbonyl (C=O) groups excluding carboxylic acids is 1. The predicted molar refractivity (Wildman–Crippen MR) is 139 cm³/mol. The first-order valence-electron chi connectivity index (χ1n) is 10.9. The molecule has 4 aromatic rings. The Kier molecular flexibility index (Phi) is 7.00. The number of nitrogens with one attached hydrogen (secondary N) is 1. The van der Waals surface area contributed by atoms with Crippen molar-refractivity contribution in [2.24, 2.45) is 7.05 Å². The number of benzene rings is 2. The van der Waals surface area contributed by atoms with Gasteiger partial charge in [-0.3, -0.25) is 4.79 Å². The summed E-state index contributed by atoms with van der Waals surface area (Å²) >= 11 is 3.10. The molecule has 0 fully saturated rings. The van der Waals surface area contributed by atoms with Gasteiger partial charge < -0.3 is 9.88 Å². The Bertz CT molecular complexity index is 1250. The first-order chi connectivity index (χ1) is 15.8. The van der Waals surface area contributed by atoms with Crippen LogP contribution in [0.3, 0.4) is 0 Å². The fourth-order valence-electron chi connectivity index (χ4n) is 3.65. The topological polar surface area (TPSA) is 59.8 Å². The van der Waals surface area contributed by atoms with Gasteiger partial charge in [-0.05, 0) is 43.0 Å². The van der Waals surface area contributed by atoms with Crippen LogP contribution in [0.15, 0.2) is 59.1 Å². The lowest BCUT2D eigenvalue weighted by atomic mass is 10.0. The zero-order valence-electron chi connectivity index (χ0n) is 19.5. The quantitative estimate of drug-likeness (QED) is 0.302. The third kappa shape index (κ3) is 5.20. The number of aryl methyl sites for hydroxylation is 2. The number of anilines is 1. The van der Waals surface area contributed by atoms with Gasteiger partial charge in [-0.1, -0.05) is 67.6 Å². The molecule has 4 rings (SSSR count). The highest BCUT2D eigenvalue weighted by molar-refractivity contribution is 7.99. The summed E-state index contributed by atoms with van der Waals surface area (Å²) in [6.07, 6.45) is 0. The van der Waals surface area contributed by atoms with Crippen LogP contribution < -0.4 is 5.32 Å². The molecule has 0 saturated carbocycles. The molecule has 0 spiro atoms. The lowest BCUT2D eigenvalue weighted by Gasteiger charge is -2.09. The van der Waals surface area contributed by atoms with Crippen molar-refractivity contribution in [3.63, 3.8) is 0 Å². The molecule has 0 atom stereocenters. The Morgan fingerprint density at radius 2 is 1.76 bits per heavy atom. The predicted octanol–water partition coefficient (Wildman–Crippen LogP) is 6.68. The van der Waals surface area contributed by atoms with Crippen LogP contribution >= 0.6 is 23.1 Å². The zero-order valence-corrected chi connectivity index (χ0v) is 21.2. The SMILES string of the molecule is Cc1ccc(-c2c(-c3nnc(SCC(=O)Nc4ccc(C(C)C)cc4)n3C)csc2C)cc1. The van der Waals surface area contributed by atoms with Gasteiger partial charge in [-0.25, -0.2) is 0 Å². The lowest BCUT2D eigenvalue weighted by molar-refractivity contribution is -0.113. The van der Waals surface area contributed by atoms with Crippen molar-refractivity contribution in [3.05, 3.63) is 69.9 Å². The Morgan fingerprint density at radius 1 is 1.06 bits per heavy atom. The molecule has 5 nitrogen and oxygen atoms in total. The van der Waals surface area contributed by atoms with Crippen LogP contribution in [0.25, 0.3) is 22.5 Å². The van der Waals surface area contributed by atoms with Crippen LogP contribution in [0.1, 0.15) is 35.8 Å². The molecule has 2 aromatic heterocycles. The minimum atomic E-state index is -0.0615. The molecular weight excluding hydrogens is 448 g/mol. The maximum atomic E-state index is 12.5. The van der Waals surface area contributed by atoms with E-state index in [1.54, 1.807) is 11.3 Å². The van der Waals surface area contributed by atoms with Crippen molar-refractivity contribution in [2.75, 3.05) is 11.1 Å². The van der Waals surface area contributed by atoms with Crippen molar-refractivity contribution < 1.29 is 4.79 Å². The Balaban J connectivity index is 1.47. The molecule has 170 valence electrons.